The van der Waals surface area contributed by atoms with Crippen LogP contribution in [0.5, 0.6) is 0 Å². The molecule has 0 radical (unpaired) electrons. The third kappa shape index (κ3) is 4.91. The maximum absolute atomic E-state index is 14.5. The van der Waals surface area contributed by atoms with Gasteiger partial charge in [-0.1, -0.05) is 24.3 Å². The molecule has 0 aliphatic carbocycles. The normalized spacial score (nSPS) is 13.2. The fourth-order valence-electron chi connectivity index (χ4n) is 3.80. The van der Waals surface area contributed by atoms with Crippen LogP contribution >= 0.6 is 0 Å². The van der Waals surface area contributed by atoms with Crippen LogP contribution in [0, 0.1) is 5.82 Å². The maximum Gasteiger partial charge on any atom is 0.255 e. The molecular weight excluding hydrogens is 393 g/mol. The molecule has 0 spiro atoms. The second-order valence-electron chi connectivity index (χ2n) is 7.65. The summed E-state index contributed by atoms with van der Waals surface area (Å²) in [5.41, 5.74) is 4.05. The fourth-order valence-corrected chi connectivity index (χ4v) is 3.80. The van der Waals surface area contributed by atoms with Crippen molar-refractivity contribution >= 4 is 28.9 Å². The van der Waals surface area contributed by atoms with Gasteiger partial charge in [0.2, 0.25) is 5.91 Å². The lowest BCUT2D eigenvalue weighted by molar-refractivity contribution is -0.114. The van der Waals surface area contributed by atoms with Crippen LogP contribution in [0.2, 0.25) is 0 Å². The van der Waals surface area contributed by atoms with Crippen LogP contribution in [0.15, 0.2) is 66.7 Å². The van der Waals surface area contributed by atoms with Gasteiger partial charge in [0.05, 0.1) is 5.69 Å². The Morgan fingerprint density at radius 1 is 0.839 bits per heavy atom. The van der Waals surface area contributed by atoms with E-state index in [0.717, 1.165) is 37.1 Å². The largest absolute Gasteiger partial charge is 0.369 e. The van der Waals surface area contributed by atoms with E-state index in [1.807, 2.05) is 41.3 Å². The third-order valence-electron chi connectivity index (χ3n) is 5.32. The summed E-state index contributed by atoms with van der Waals surface area (Å²) >= 11 is 0. The maximum atomic E-state index is 14.5. The summed E-state index contributed by atoms with van der Waals surface area (Å²) in [6.07, 6.45) is 2.15. The van der Waals surface area contributed by atoms with Gasteiger partial charge < -0.3 is 15.5 Å². The van der Waals surface area contributed by atoms with Crippen molar-refractivity contribution in [1.82, 2.24) is 0 Å². The molecule has 1 saturated heterocycles. The molecule has 3 aromatic carbocycles. The zero-order chi connectivity index (χ0) is 21.8. The van der Waals surface area contributed by atoms with Crippen LogP contribution < -0.4 is 15.5 Å². The minimum absolute atomic E-state index is 0.130. The standard InChI is InChI=1S/C25H24FN3O2/c1-17(30)27-21-6-4-5-20(15-21)18-7-9-19(10-8-18)25(31)28-22-11-12-24(23(26)16-22)29-13-2-3-14-29/h4-12,15-16H,2-3,13-14H2,1H3,(H,27,30)(H,28,31). The van der Waals surface area contributed by atoms with Crippen LogP contribution in [-0.4, -0.2) is 24.9 Å². The highest BCUT2D eigenvalue weighted by atomic mass is 19.1. The van der Waals surface area contributed by atoms with Crippen molar-refractivity contribution in [2.24, 2.45) is 0 Å². The van der Waals surface area contributed by atoms with Crippen molar-refractivity contribution in [1.29, 1.82) is 0 Å². The van der Waals surface area contributed by atoms with Crippen molar-refractivity contribution < 1.29 is 14.0 Å². The van der Waals surface area contributed by atoms with Gasteiger partial charge in [-0.15, -0.1) is 0 Å². The van der Waals surface area contributed by atoms with Gasteiger partial charge in [-0.3, -0.25) is 9.59 Å². The van der Waals surface area contributed by atoms with Crippen molar-refractivity contribution in [3.05, 3.63) is 78.1 Å². The Kier molecular flexibility index (Phi) is 5.98. The Morgan fingerprint density at radius 2 is 1.55 bits per heavy atom. The lowest BCUT2D eigenvalue weighted by atomic mass is 10.0. The smallest absolute Gasteiger partial charge is 0.255 e. The van der Waals surface area contributed by atoms with E-state index in [4.69, 9.17) is 0 Å². The minimum atomic E-state index is -0.325. The molecular formula is C25H24FN3O2. The van der Waals surface area contributed by atoms with Crippen LogP contribution in [0.1, 0.15) is 30.1 Å². The predicted molar refractivity (Wildman–Crippen MR) is 122 cm³/mol. The molecule has 1 heterocycles. The number of carbonyl (C=O) groups is 2. The predicted octanol–water partition coefficient (Wildman–Crippen LogP) is 5.30. The molecule has 158 valence electrons. The second kappa shape index (κ2) is 9.00. The summed E-state index contributed by atoms with van der Waals surface area (Å²) in [6, 6.07) is 19.5. The van der Waals surface area contributed by atoms with Gasteiger partial charge in [0, 0.05) is 37.0 Å². The third-order valence-corrected chi connectivity index (χ3v) is 5.32. The van der Waals surface area contributed by atoms with E-state index in [1.165, 1.54) is 13.0 Å². The molecule has 2 amide bonds. The first-order chi connectivity index (χ1) is 15.0. The average molecular weight is 417 g/mol. The second-order valence-corrected chi connectivity index (χ2v) is 7.65. The number of nitrogens with one attached hydrogen (secondary N) is 2. The number of nitrogens with zero attached hydrogens (tertiary/aromatic N) is 1. The van der Waals surface area contributed by atoms with Crippen molar-refractivity contribution in [3.63, 3.8) is 0 Å². The molecule has 0 bridgehead atoms. The SMILES string of the molecule is CC(=O)Nc1cccc(-c2ccc(C(=O)Nc3ccc(N4CCCC4)c(F)c3)cc2)c1. The zero-order valence-corrected chi connectivity index (χ0v) is 17.3. The molecule has 31 heavy (non-hydrogen) atoms. The molecule has 0 saturated carbocycles. The number of hydrogen-bond donors (Lipinski definition) is 2. The Balaban J connectivity index is 1.45. The Morgan fingerprint density at radius 3 is 2.23 bits per heavy atom. The van der Waals surface area contributed by atoms with Gasteiger partial charge in [-0.25, -0.2) is 4.39 Å². The number of amides is 2. The van der Waals surface area contributed by atoms with Crippen LogP contribution in [0.25, 0.3) is 11.1 Å². The zero-order valence-electron chi connectivity index (χ0n) is 17.3. The van der Waals surface area contributed by atoms with Crippen LogP contribution in [0.4, 0.5) is 21.5 Å². The number of carbonyl (C=O) groups excluding carboxylic acids is 2. The summed E-state index contributed by atoms with van der Waals surface area (Å²) in [4.78, 5) is 25.9. The van der Waals surface area contributed by atoms with Crippen LogP contribution in [0.3, 0.4) is 0 Å². The topological polar surface area (TPSA) is 61.4 Å². The molecule has 2 N–H and O–H groups in total. The molecule has 0 atom stereocenters. The molecule has 3 aromatic rings. The van der Waals surface area contributed by atoms with Crippen LogP contribution in [-0.2, 0) is 4.79 Å². The summed E-state index contributed by atoms with van der Waals surface area (Å²) in [5.74, 6) is -0.755. The molecule has 1 aliphatic rings. The van der Waals surface area contributed by atoms with Crippen molar-refractivity contribution in [2.75, 3.05) is 28.6 Å². The highest BCUT2D eigenvalue weighted by molar-refractivity contribution is 6.04. The molecule has 1 aliphatic heterocycles. The number of hydrogen-bond acceptors (Lipinski definition) is 3. The quantitative estimate of drug-likeness (QED) is 0.592. The van der Waals surface area contributed by atoms with E-state index >= 15 is 0 Å². The highest BCUT2D eigenvalue weighted by Crippen LogP contribution is 2.27. The van der Waals surface area contributed by atoms with Gasteiger partial charge >= 0.3 is 0 Å². The van der Waals surface area contributed by atoms with Crippen molar-refractivity contribution in [2.45, 2.75) is 19.8 Å². The Bertz CT molecular complexity index is 1110. The summed E-state index contributed by atoms with van der Waals surface area (Å²) < 4.78 is 14.5. The number of halogens is 1. The van der Waals surface area contributed by atoms with Gasteiger partial charge in [0.25, 0.3) is 5.91 Å². The van der Waals surface area contributed by atoms with E-state index in [9.17, 15) is 14.0 Å². The average Bonchev–Trinajstić information content (AvgIpc) is 3.28. The first-order valence-corrected chi connectivity index (χ1v) is 10.3. The molecule has 0 unspecified atom stereocenters. The monoisotopic (exact) mass is 417 g/mol. The van der Waals surface area contributed by atoms with Gasteiger partial charge in [0.15, 0.2) is 0 Å². The molecule has 1 fully saturated rings. The van der Waals surface area contributed by atoms with Gasteiger partial charge in [0.1, 0.15) is 5.82 Å². The summed E-state index contributed by atoms with van der Waals surface area (Å²) in [5, 5.41) is 5.52. The molecule has 0 aromatic heterocycles. The number of benzene rings is 3. The highest BCUT2D eigenvalue weighted by Gasteiger charge is 2.17. The first kappa shape index (κ1) is 20.6. The summed E-state index contributed by atoms with van der Waals surface area (Å²) in [6.45, 7) is 3.19. The van der Waals surface area contributed by atoms with E-state index in [0.29, 0.717) is 22.6 Å². The number of anilines is 3. The number of rotatable bonds is 5. The van der Waals surface area contributed by atoms with Crippen molar-refractivity contribution in [3.8, 4) is 11.1 Å². The minimum Gasteiger partial charge on any atom is -0.369 e. The van der Waals surface area contributed by atoms with Gasteiger partial charge in [-0.2, -0.15) is 0 Å². The lowest BCUT2D eigenvalue weighted by Crippen LogP contribution is -2.19. The molecule has 4 rings (SSSR count). The lowest BCUT2D eigenvalue weighted by Gasteiger charge is -2.18. The summed E-state index contributed by atoms with van der Waals surface area (Å²) in [7, 11) is 0. The van der Waals surface area contributed by atoms with E-state index < -0.39 is 0 Å². The Hall–Kier alpha value is -3.67. The van der Waals surface area contributed by atoms with E-state index in [2.05, 4.69) is 10.6 Å². The first-order valence-electron chi connectivity index (χ1n) is 10.3. The van der Waals surface area contributed by atoms with Gasteiger partial charge in [-0.05, 0) is 66.4 Å². The Labute approximate surface area is 180 Å². The molecule has 6 heteroatoms. The van der Waals surface area contributed by atoms with E-state index in [1.54, 1.807) is 24.3 Å². The van der Waals surface area contributed by atoms with E-state index in [-0.39, 0.29) is 17.6 Å². The fraction of sp³-hybridized carbons (Fsp3) is 0.200. The molecule has 5 nitrogen and oxygen atoms in total.